The predicted octanol–water partition coefficient (Wildman–Crippen LogP) is 5.75. The number of hydrogen-bond donors (Lipinski definition) is 0. The Morgan fingerprint density at radius 2 is 2.06 bits per heavy atom. The highest BCUT2D eigenvalue weighted by molar-refractivity contribution is 7.16. The number of ether oxygens (including phenoxy) is 1. The van der Waals surface area contributed by atoms with Crippen molar-refractivity contribution in [3.8, 4) is 28.7 Å². The zero-order valence-corrected chi connectivity index (χ0v) is 19.5. The van der Waals surface area contributed by atoms with E-state index >= 15 is 0 Å². The Labute approximate surface area is 198 Å². The minimum atomic E-state index is -0.325. The molecule has 162 valence electrons. The zero-order valence-electron chi connectivity index (χ0n) is 17.8. The molecule has 0 unspecified atom stereocenters. The Balaban J connectivity index is 1.68. The normalized spacial score (nSPS) is 11.7. The monoisotopic (exact) mass is 469 g/mol. The minimum absolute atomic E-state index is 0.317. The molecule has 0 aliphatic rings. The van der Waals surface area contributed by atoms with E-state index < -0.39 is 0 Å². The SMILES string of the molecule is C#CCn1c(=NC(=O)c2cc(-c3cccs3)nc3ccccc23)sc2cc(OCC)ccc21. The number of pyridine rings is 1. The van der Waals surface area contributed by atoms with Crippen LogP contribution >= 0.6 is 22.7 Å². The molecule has 0 atom stereocenters. The first-order chi connectivity index (χ1) is 16.2. The quantitative estimate of drug-likeness (QED) is 0.308. The van der Waals surface area contributed by atoms with Crippen molar-refractivity contribution in [3.05, 3.63) is 76.4 Å². The Bertz CT molecular complexity index is 1590. The molecule has 5 aromatic rings. The van der Waals surface area contributed by atoms with Gasteiger partial charge in [0.05, 0.1) is 45.0 Å². The number of benzene rings is 2. The molecule has 0 bridgehead atoms. The smallest absolute Gasteiger partial charge is 0.280 e. The van der Waals surface area contributed by atoms with Crippen LogP contribution in [0.5, 0.6) is 5.75 Å². The van der Waals surface area contributed by atoms with Crippen molar-refractivity contribution < 1.29 is 9.53 Å². The highest BCUT2D eigenvalue weighted by atomic mass is 32.1. The third-order valence-electron chi connectivity index (χ3n) is 5.13. The largest absolute Gasteiger partial charge is 0.494 e. The molecule has 0 fully saturated rings. The first-order valence-electron chi connectivity index (χ1n) is 10.4. The van der Waals surface area contributed by atoms with Crippen LogP contribution in [0.15, 0.2) is 71.0 Å². The summed E-state index contributed by atoms with van der Waals surface area (Å²) in [6, 6.07) is 19.2. The average molecular weight is 470 g/mol. The van der Waals surface area contributed by atoms with Gasteiger partial charge < -0.3 is 9.30 Å². The fraction of sp³-hybridized carbons (Fsp3) is 0.115. The Morgan fingerprint density at radius 3 is 2.85 bits per heavy atom. The van der Waals surface area contributed by atoms with E-state index in [-0.39, 0.29) is 5.91 Å². The van der Waals surface area contributed by atoms with Gasteiger partial charge in [-0.15, -0.1) is 17.8 Å². The van der Waals surface area contributed by atoms with Crippen molar-refractivity contribution in [1.29, 1.82) is 0 Å². The maximum atomic E-state index is 13.5. The van der Waals surface area contributed by atoms with Crippen LogP contribution in [0.25, 0.3) is 31.7 Å². The van der Waals surface area contributed by atoms with Gasteiger partial charge in [-0.3, -0.25) is 4.79 Å². The first-order valence-corrected chi connectivity index (χ1v) is 12.1. The fourth-order valence-corrected chi connectivity index (χ4v) is 5.43. The van der Waals surface area contributed by atoms with Crippen LogP contribution in [0.2, 0.25) is 0 Å². The second-order valence-electron chi connectivity index (χ2n) is 7.20. The lowest BCUT2D eigenvalue weighted by atomic mass is 10.1. The van der Waals surface area contributed by atoms with Gasteiger partial charge in [-0.2, -0.15) is 4.99 Å². The molecule has 0 saturated carbocycles. The van der Waals surface area contributed by atoms with Crippen LogP contribution in [-0.2, 0) is 6.54 Å². The maximum absolute atomic E-state index is 13.5. The number of fused-ring (bicyclic) bond motifs is 2. The molecule has 0 aliphatic heterocycles. The van der Waals surface area contributed by atoms with Gasteiger partial charge in [0.1, 0.15) is 5.75 Å². The number of aromatic nitrogens is 2. The zero-order chi connectivity index (χ0) is 22.8. The molecule has 2 aromatic carbocycles. The van der Waals surface area contributed by atoms with E-state index in [0.29, 0.717) is 23.5 Å². The number of nitrogens with zero attached hydrogens (tertiary/aromatic N) is 3. The van der Waals surface area contributed by atoms with Gasteiger partial charge in [-0.05, 0) is 48.7 Å². The molecule has 5 nitrogen and oxygen atoms in total. The van der Waals surface area contributed by atoms with Crippen LogP contribution in [0, 0.1) is 12.3 Å². The van der Waals surface area contributed by atoms with Crippen molar-refractivity contribution in [1.82, 2.24) is 9.55 Å². The lowest BCUT2D eigenvalue weighted by Crippen LogP contribution is -2.16. The molecule has 7 heteroatoms. The molecular formula is C26H19N3O2S2. The number of thiophene rings is 1. The van der Waals surface area contributed by atoms with Crippen molar-refractivity contribution in [2.45, 2.75) is 13.5 Å². The number of para-hydroxylation sites is 1. The summed E-state index contributed by atoms with van der Waals surface area (Å²) in [6.07, 6.45) is 5.62. The van der Waals surface area contributed by atoms with Gasteiger partial charge in [0, 0.05) is 5.39 Å². The van der Waals surface area contributed by atoms with Gasteiger partial charge in [-0.1, -0.05) is 41.5 Å². The molecule has 3 aromatic heterocycles. The summed E-state index contributed by atoms with van der Waals surface area (Å²) in [4.78, 5) is 24.3. The molecule has 0 aliphatic carbocycles. The van der Waals surface area contributed by atoms with Crippen LogP contribution in [0.3, 0.4) is 0 Å². The Kier molecular flexibility index (Phi) is 5.78. The molecule has 5 rings (SSSR count). The van der Waals surface area contributed by atoms with Crippen LogP contribution in [-0.4, -0.2) is 22.1 Å². The molecule has 0 spiro atoms. The molecule has 1 amide bonds. The van der Waals surface area contributed by atoms with E-state index in [0.717, 1.165) is 37.4 Å². The Morgan fingerprint density at radius 1 is 1.18 bits per heavy atom. The molecular weight excluding hydrogens is 450 g/mol. The van der Waals surface area contributed by atoms with Gasteiger partial charge in [0.25, 0.3) is 5.91 Å². The lowest BCUT2D eigenvalue weighted by Gasteiger charge is -2.06. The second-order valence-corrected chi connectivity index (χ2v) is 9.16. The lowest BCUT2D eigenvalue weighted by molar-refractivity contribution is 0.0999. The number of carbonyl (C=O) groups excluding carboxylic acids is 1. The van der Waals surface area contributed by atoms with E-state index in [1.165, 1.54) is 11.3 Å². The van der Waals surface area contributed by atoms with Gasteiger partial charge in [0.2, 0.25) is 0 Å². The van der Waals surface area contributed by atoms with E-state index in [2.05, 4.69) is 10.9 Å². The van der Waals surface area contributed by atoms with Gasteiger partial charge in [-0.25, -0.2) is 4.98 Å². The molecule has 33 heavy (non-hydrogen) atoms. The van der Waals surface area contributed by atoms with Gasteiger partial charge in [0.15, 0.2) is 4.80 Å². The molecule has 0 saturated heterocycles. The van der Waals surface area contributed by atoms with Crippen LogP contribution in [0.4, 0.5) is 0 Å². The predicted molar refractivity (Wildman–Crippen MR) is 135 cm³/mol. The van der Waals surface area contributed by atoms with Crippen LogP contribution < -0.4 is 9.54 Å². The van der Waals surface area contributed by atoms with Crippen molar-refractivity contribution >= 4 is 49.7 Å². The number of terminal acetylenes is 1. The maximum Gasteiger partial charge on any atom is 0.280 e. The van der Waals surface area contributed by atoms with Crippen molar-refractivity contribution in [2.24, 2.45) is 4.99 Å². The second kappa shape index (κ2) is 9.02. The number of thiazole rings is 1. The number of rotatable bonds is 5. The topological polar surface area (TPSA) is 56.5 Å². The van der Waals surface area contributed by atoms with Crippen LogP contribution in [0.1, 0.15) is 17.3 Å². The minimum Gasteiger partial charge on any atom is -0.494 e. The average Bonchev–Trinajstić information content (AvgIpc) is 3.47. The Hall–Kier alpha value is -3.73. The number of hydrogen-bond acceptors (Lipinski definition) is 5. The summed E-state index contributed by atoms with van der Waals surface area (Å²) in [5, 5.41) is 2.77. The fourth-order valence-electron chi connectivity index (χ4n) is 3.69. The number of carbonyl (C=O) groups is 1. The van der Waals surface area contributed by atoms with Crippen molar-refractivity contribution in [2.75, 3.05) is 6.61 Å². The van der Waals surface area contributed by atoms with Crippen molar-refractivity contribution in [3.63, 3.8) is 0 Å². The third kappa shape index (κ3) is 4.07. The highest BCUT2D eigenvalue weighted by Crippen LogP contribution is 2.28. The summed E-state index contributed by atoms with van der Waals surface area (Å²) in [5.41, 5.74) is 2.96. The number of amides is 1. The molecule has 3 heterocycles. The summed E-state index contributed by atoms with van der Waals surface area (Å²) in [6.45, 7) is 2.84. The molecule has 0 N–H and O–H groups in total. The van der Waals surface area contributed by atoms with E-state index in [4.69, 9.17) is 16.1 Å². The summed E-state index contributed by atoms with van der Waals surface area (Å²) < 4.78 is 8.47. The summed E-state index contributed by atoms with van der Waals surface area (Å²) in [7, 11) is 0. The van der Waals surface area contributed by atoms with E-state index in [1.54, 1.807) is 11.3 Å². The van der Waals surface area contributed by atoms with Gasteiger partial charge >= 0.3 is 0 Å². The highest BCUT2D eigenvalue weighted by Gasteiger charge is 2.15. The summed E-state index contributed by atoms with van der Waals surface area (Å²) >= 11 is 3.01. The van der Waals surface area contributed by atoms with E-state index in [9.17, 15) is 4.79 Å². The summed E-state index contributed by atoms with van der Waals surface area (Å²) in [5.74, 6) is 3.12. The first kappa shape index (κ1) is 21.1. The van der Waals surface area contributed by atoms with E-state index in [1.807, 2.05) is 77.5 Å². The standard InChI is InChI=1S/C26H19N3O2S2/c1-3-13-29-22-12-11-17(31-4-2)15-24(22)33-26(29)28-25(30)19-16-21(23-10-7-14-32-23)27-20-9-6-5-8-18(19)20/h1,5-12,14-16H,4,13H2,2H3. The third-order valence-corrected chi connectivity index (χ3v) is 7.07. The molecule has 0 radical (unpaired) electrons.